The summed E-state index contributed by atoms with van der Waals surface area (Å²) in [6, 6.07) is 17.5. The smallest absolute Gasteiger partial charge is 0.311 e. The van der Waals surface area contributed by atoms with E-state index in [4.69, 9.17) is 10.5 Å². The molecular formula is C26H32N4O3S. The Morgan fingerprint density at radius 2 is 1.79 bits per heavy atom. The predicted octanol–water partition coefficient (Wildman–Crippen LogP) is 4.37. The molecule has 0 saturated carbocycles. The van der Waals surface area contributed by atoms with Gasteiger partial charge in [-0.15, -0.1) is 11.3 Å². The number of nitrogens with one attached hydrogen (secondary N) is 2. The highest BCUT2D eigenvalue weighted by Gasteiger charge is 2.27. The zero-order valence-electron chi connectivity index (χ0n) is 19.8. The molecule has 3 rings (SSSR count). The molecule has 3 aromatic rings. The molecule has 0 aliphatic heterocycles. The van der Waals surface area contributed by atoms with Crippen LogP contribution in [0.15, 0.2) is 60.0 Å². The summed E-state index contributed by atoms with van der Waals surface area (Å²) in [6.07, 6.45) is 0.654. The molecule has 0 radical (unpaired) electrons. The molecule has 7 nitrogen and oxygen atoms in total. The summed E-state index contributed by atoms with van der Waals surface area (Å²) in [4.78, 5) is 28.7. The number of anilines is 2. The number of carbonyl (C=O) groups excluding carboxylic acids is 2. The van der Waals surface area contributed by atoms with Crippen molar-refractivity contribution < 1.29 is 14.3 Å². The van der Waals surface area contributed by atoms with Crippen molar-refractivity contribution in [2.24, 2.45) is 5.41 Å². The molecule has 1 heterocycles. The van der Waals surface area contributed by atoms with Crippen LogP contribution in [0, 0.1) is 5.41 Å². The van der Waals surface area contributed by atoms with E-state index >= 15 is 0 Å². The lowest BCUT2D eigenvalue weighted by Crippen LogP contribution is -2.31. The maximum absolute atomic E-state index is 12.4. The first-order valence-electron chi connectivity index (χ1n) is 11.3. The van der Waals surface area contributed by atoms with E-state index < -0.39 is 5.41 Å². The highest BCUT2D eigenvalue weighted by molar-refractivity contribution is 7.13. The summed E-state index contributed by atoms with van der Waals surface area (Å²) in [7, 11) is 0. The normalized spacial score (nSPS) is 12.2. The van der Waals surface area contributed by atoms with E-state index in [9.17, 15) is 9.59 Å². The topological polar surface area (TPSA) is 106 Å². The van der Waals surface area contributed by atoms with Crippen molar-refractivity contribution in [1.29, 1.82) is 0 Å². The van der Waals surface area contributed by atoms with Gasteiger partial charge in [-0.25, -0.2) is 4.98 Å². The Hall–Kier alpha value is -3.23. The minimum absolute atomic E-state index is 0.128. The molecule has 0 fully saturated rings. The van der Waals surface area contributed by atoms with Gasteiger partial charge in [-0.2, -0.15) is 0 Å². The van der Waals surface area contributed by atoms with E-state index in [1.165, 1.54) is 11.3 Å². The van der Waals surface area contributed by atoms with Gasteiger partial charge in [-0.05, 0) is 57.0 Å². The van der Waals surface area contributed by atoms with Gasteiger partial charge in [0.15, 0.2) is 5.13 Å². The largest absolute Gasteiger partial charge is 0.456 e. The minimum atomic E-state index is -0.558. The zero-order valence-corrected chi connectivity index (χ0v) is 20.7. The van der Waals surface area contributed by atoms with E-state index in [1.54, 1.807) is 5.38 Å². The molecule has 1 aromatic heterocycles. The highest BCUT2D eigenvalue weighted by atomic mass is 32.1. The number of carbonyl (C=O) groups is 2. The van der Waals surface area contributed by atoms with Gasteiger partial charge in [0.25, 0.3) is 0 Å². The summed E-state index contributed by atoms with van der Waals surface area (Å²) in [6.45, 7) is 6.82. The van der Waals surface area contributed by atoms with E-state index in [0.29, 0.717) is 17.4 Å². The first-order valence-corrected chi connectivity index (χ1v) is 12.1. The third-order valence-corrected chi connectivity index (χ3v) is 5.82. The average Bonchev–Trinajstić information content (AvgIpc) is 3.21. The Balaban J connectivity index is 1.46. The van der Waals surface area contributed by atoms with E-state index in [0.717, 1.165) is 29.8 Å². The van der Waals surface area contributed by atoms with Crippen molar-refractivity contribution in [3.8, 4) is 0 Å². The summed E-state index contributed by atoms with van der Waals surface area (Å²) in [5, 5.41) is 8.53. The summed E-state index contributed by atoms with van der Waals surface area (Å²) in [5.41, 5.74) is 8.56. The van der Waals surface area contributed by atoms with Gasteiger partial charge in [0.05, 0.1) is 17.5 Å². The second kappa shape index (κ2) is 11.8. The molecular weight excluding hydrogens is 448 g/mol. The molecule has 2 aromatic carbocycles. The number of benzene rings is 2. The number of rotatable bonds is 10. The number of ether oxygens (including phenoxy) is 1. The van der Waals surface area contributed by atoms with Gasteiger partial charge in [-0.3, -0.25) is 9.59 Å². The van der Waals surface area contributed by atoms with Gasteiger partial charge in [0.2, 0.25) is 5.91 Å². The fourth-order valence-corrected chi connectivity index (χ4v) is 3.76. The van der Waals surface area contributed by atoms with Gasteiger partial charge in [-0.1, -0.05) is 42.5 Å². The van der Waals surface area contributed by atoms with Crippen LogP contribution >= 0.6 is 11.3 Å². The lowest BCUT2D eigenvalue weighted by atomic mass is 9.97. The van der Waals surface area contributed by atoms with Crippen LogP contribution in [0.1, 0.15) is 43.7 Å². The predicted molar refractivity (Wildman–Crippen MR) is 137 cm³/mol. The lowest BCUT2D eigenvalue weighted by molar-refractivity contribution is -0.158. The van der Waals surface area contributed by atoms with Crippen LogP contribution in [0.25, 0.3) is 0 Å². The van der Waals surface area contributed by atoms with Crippen LogP contribution in [0.5, 0.6) is 0 Å². The van der Waals surface area contributed by atoms with Crippen LogP contribution in [0.2, 0.25) is 0 Å². The van der Waals surface area contributed by atoms with E-state index in [-0.39, 0.29) is 24.4 Å². The Kier molecular flexibility index (Phi) is 8.79. The number of nitrogens with zero attached hydrogens (tertiary/aromatic N) is 1. The minimum Gasteiger partial charge on any atom is -0.456 e. The number of hydrogen-bond acceptors (Lipinski definition) is 7. The molecule has 1 amide bonds. The monoisotopic (exact) mass is 480 g/mol. The third-order valence-electron chi connectivity index (χ3n) is 5.10. The quantitative estimate of drug-likeness (QED) is 0.294. The van der Waals surface area contributed by atoms with Gasteiger partial charge in [0, 0.05) is 17.6 Å². The first-order chi connectivity index (χ1) is 16.2. The fraction of sp³-hybridized carbons (Fsp3) is 0.346. The van der Waals surface area contributed by atoms with Gasteiger partial charge >= 0.3 is 5.97 Å². The zero-order chi connectivity index (χ0) is 24.6. The molecule has 0 bridgehead atoms. The van der Waals surface area contributed by atoms with E-state index in [2.05, 4.69) is 15.6 Å². The molecule has 34 heavy (non-hydrogen) atoms. The van der Waals surface area contributed by atoms with E-state index in [1.807, 2.05) is 75.4 Å². The van der Waals surface area contributed by atoms with Crippen LogP contribution in [0.3, 0.4) is 0 Å². The van der Waals surface area contributed by atoms with Crippen molar-refractivity contribution in [2.75, 3.05) is 24.1 Å². The number of amides is 1. The van der Waals surface area contributed by atoms with Crippen molar-refractivity contribution in [3.05, 3.63) is 76.8 Å². The van der Waals surface area contributed by atoms with Gasteiger partial charge in [0.1, 0.15) is 6.10 Å². The fourth-order valence-electron chi connectivity index (χ4n) is 3.20. The summed E-state index contributed by atoms with van der Waals surface area (Å²) in [5.74, 6) is -0.351. The molecule has 0 aliphatic carbocycles. The second-order valence-corrected chi connectivity index (χ2v) is 10.00. The maximum Gasteiger partial charge on any atom is 0.311 e. The Labute approximate surface area is 204 Å². The van der Waals surface area contributed by atoms with Crippen molar-refractivity contribution >= 4 is 34.0 Å². The standard InChI is InChI=1S/C26H32N4O3S/c1-26(2,3)24(32)33-22(19-7-5-4-6-8-19)16-28-14-13-18-9-11-20(12-10-18)29-23(31)15-21-17-34-25(27)30-21/h4-12,17,22,28H,13-16H2,1-3H3,(H2,27,30)(H,29,31)/t22-/m0/s1. The Bertz CT molecular complexity index is 1080. The van der Waals surface area contributed by atoms with Crippen LogP contribution < -0.4 is 16.4 Å². The molecule has 0 saturated heterocycles. The number of thiazole rings is 1. The van der Waals surface area contributed by atoms with Crippen LogP contribution in [0.4, 0.5) is 10.8 Å². The second-order valence-electron chi connectivity index (χ2n) is 9.11. The number of esters is 1. The summed E-state index contributed by atoms with van der Waals surface area (Å²) >= 11 is 1.32. The molecule has 4 N–H and O–H groups in total. The number of nitrogen functional groups attached to an aromatic ring is 1. The van der Waals surface area contributed by atoms with Crippen molar-refractivity contribution in [3.63, 3.8) is 0 Å². The highest BCUT2D eigenvalue weighted by Crippen LogP contribution is 2.23. The Morgan fingerprint density at radius 1 is 1.09 bits per heavy atom. The third kappa shape index (κ3) is 7.97. The summed E-state index contributed by atoms with van der Waals surface area (Å²) < 4.78 is 5.80. The van der Waals surface area contributed by atoms with Gasteiger partial charge < -0.3 is 21.1 Å². The first kappa shape index (κ1) is 25.4. The van der Waals surface area contributed by atoms with Crippen LogP contribution in [-0.4, -0.2) is 29.9 Å². The number of hydrogen-bond donors (Lipinski definition) is 3. The maximum atomic E-state index is 12.4. The number of nitrogens with two attached hydrogens (primary N) is 1. The molecule has 0 unspecified atom stereocenters. The van der Waals surface area contributed by atoms with Crippen LogP contribution in [-0.2, 0) is 27.2 Å². The number of aromatic nitrogens is 1. The SMILES string of the molecule is CC(C)(C)C(=O)O[C@@H](CNCCc1ccc(NC(=O)Cc2csc(N)n2)cc1)c1ccccc1. The molecule has 1 atom stereocenters. The molecule has 0 spiro atoms. The molecule has 180 valence electrons. The lowest BCUT2D eigenvalue weighted by Gasteiger charge is -2.24. The molecule has 0 aliphatic rings. The van der Waals surface area contributed by atoms with Crippen molar-refractivity contribution in [2.45, 2.75) is 39.7 Å². The average molecular weight is 481 g/mol. The molecule has 8 heteroatoms. The Morgan fingerprint density at radius 3 is 2.41 bits per heavy atom. The van der Waals surface area contributed by atoms with Crippen molar-refractivity contribution in [1.82, 2.24) is 10.3 Å².